The predicted molar refractivity (Wildman–Crippen MR) is 186 cm³/mol. The summed E-state index contributed by atoms with van der Waals surface area (Å²) < 4.78 is 0. The molecule has 1 aromatic heterocycles. The smallest absolute Gasteiger partial charge is 0.319 e. The van der Waals surface area contributed by atoms with Crippen molar-refractivity contribution in [3.63, 3.8) is 0 Å². The molecule has 4 amide bonds. The molecule has 2 saturated heterocycles. The highest BCUT2D eigenvalue weighted by molar-refractivity contribution is 5.94. The van der Waals surface area contributed by atoms with Gasteiger partial charge >= 0.3 is 6.03 Å². The van der Waals surface area contributed by atoms with Crippen LogP contribution < -0.4 is 26.2 Å². The number of rotatable bonds is 10. The molecule has 3 heterocycles. The Hall–Kier alpha value is -4.88. The van der Waals surface area contributed by atoms with Gasteiger partial charge in [0.2, 0.25) is 5.91 Å². The molecule has 0 bridgehead atoms. The molecular formula is C37H45N7O3. The number of pyridine rings is 1. The van der Waals surface area contributed by atoms with Crippen LogP contribution in [0.15, 0.2) is 67.0 Å². The number of amides is 4. The van der Waals surface area contributed by atoms with Crippen LogP contribution in [0.4, 0.5) is 16.2 Å². The van der Waals surface area contributed by atoms with E-state index in [4.69, 9.17) is 0 Å². The fourth-order valence-corrected chi connectivity index (χ4v) is 6.09. The van der Waals surface area contributed by atoms with E-state index in [1.807, 2.05) is 42.5 Å². The molecule has 0 aliphatic carbocycles. The van der Waals surface area contributed by atoms with Crippen molar-refractivity contribution in [2.45, 2.75) is 51.5 Å². The van der Waals surface area contributed by atoms with E-state index in [1.165, 1.54) is 19.3 Å². The van der Waals surface area contributed by atoms with Gasteiger partial charge in [0.15, 0.2) is 0 Å². The molecule has 47 heavy (non-hydrogen) atoms. The quantitative estimate of drug-likeness (QED) is 0.249. The molecular weight excluding hydrogens is 590 g/mol. The first-order chi connectivity index (χ1) is 22.9. The van der Waals surface area contributed by atoms with E-state index >= 15 is 0 Å². The second-order valence-electron chi connectivity index (χ2n) is 12.2. The van der Waals surface area contributed by atoms with Crippen LogP contribution >= 0.6 is 0 Å². The average molecular weight is 636 g/mol. The Labute approximate surface area is 277 Å². The number of benzene rings is 2. The molecule has 0 saturated carbocycles. The molecule has 0 radical (unpaired) electrons. The van der Waals surface area contributed by atoms with Crippen LogP contribution in [0, 0.1) is 11.8 Å². The summed E-state index contributed by atoms with van der Waals surface area (Å²) in [4.78, 5) is 45.9. The molecule has 2 aliphatic rings. The van der Waals surface area contributed by atoms with Gasteiger partial charge in [-0.2, -0.15) is 0 Å². The Morgan fingerprint density at radius 2 is 1.74 bits per heavy atom. The van der Waals surface area contributed by atoms with E-state index in [-0.39, 0.29) is 23.9 Å². The summed E-state index contributed by atoms with van der Waals surface area (Å²) in [6.07, 6.45) is 9.83. The van der Waals surface area contributed by atoms with Crippen molar-refractivity contribution in [2.75, 3.05) is 56.0 Å². The van der Waals surface area contributed by atoms with E-state index in [9.17, 15) is 14.4 Å². The third-order valence-corrected chi connectivity index (χ3v) is 8.50. The van der Waals surface area contributed by atoms with Crippen LogP contribution in [0.2, 0.25) is 0 Å². The second-order valence-corrected chi connectivity index (χ2v) is 12.2. The fraction of sp³-hybridized carbons (Fsp3) is 0.405. The van der Waals surface area contributed by atoms with Crippen LogP contribution in [-0.4, -0.2) is 79.6 Å². The van der Waals surface area contributed by atoms with Gasteiger partial charge in [0.05, 0.1) is 11.3 Å². The third-order valence-electron chi connectivity index (χ3n) is 8.50. The Morgan fingerprint density at radius 3 is 2.51 bits per heavy atom. The van der Waals surface area contributed by atoms with Gasteiger partial charge in [-0.3, -0.25) is 14.6 Å². The van der Waals surface area contributed by atoms with Crippen molar-refractivity contribution in [1.82, 2.24) is 25.8 Å². The van der Waals surface area contributed by atoms with Gasteiger partial charge in [-0.1, -0.05) is 24.3 Å². The second kappa shape index (κ2) is 17.2. The molecule has 4 N–H and O–H groups in total. The number of aromatic nitrogens is 1. The van der Waals surface area contributed by atoms with Crippen molar-refractivity contribution in [1.29, 1.82) is 0 Å². The normalized spacial score (nSPS) is 16.4. The summed E-state index contributed by atoms with van der Waals surface area (Å²) in [5, 5.41) is 11.9. The molecule has 5 rings (SSSR count). The highest BCUT2D eigenvalue weighted by Gasteiger charge is 2.22. The third kappa shape index (κ3) is 10.6. The van der Waals surface area contributed by atoms with Gasteiger partial charge in [0.1, 0.15) is 0 Å². The first kappa shape index (κ1) is 33.5. The first-order valence-corrected chi connectivity index (χ1v) is 16.7. The summed E-state index contributed by atoms with van der Waals surface area (Å²) in [7, 11) is 0. The summed E-state index contributed by atoms with van der Waals surface area (Å²) in [6.45, 7) is 7.27. The highest BCUT2D eigenvalue weighted by atomic mass is 16.2. The molecule has 1 unspecified atom stereocenters. The van der Waals surface area contributed by atoms with Crippen molar-refractivity contribution >= 4 is 29.2 Å². The molecule has 2 aliphatic heterocycles. The van der Waals surface area contributed by atoms with Gasteiger partial charge in [-0.25, -0.2) is 4.79 Å². The minimum Gasteiger partial charge on any atom is -0.368 e. The summed E-state index contributed by atoms with van der Waals surface area (Å²) in [5.74, 6) is 6.45. The molecule has 3 aromatic rings. The van der Waals surface area contributed by atoms with Crippen LogP contribution in [0.5, 0.6) is 0 Å². The zero-order chi connectivity index (χ0) is 32.8. The van der Waals surface area contributed by atoms with E-state index in [0.717, 1.165) is 61.4 Å². The lowest BCUT2D eigenvalue weighted by Gasteiger charge is -2.35. The fourth-order valence-electron chi connectivity index (χ4n) is 6.09. The van der Waals surface area contributed by atoms with Gasteiger partial charge in [0, 0.05) is 74.9 Å². The lowest BCUT2D eigenvalue weighted by atomic mass is 10.0. The summed E-state index contributed by atoms with van der Waals surface area (Å²) in [5.41, 5.74) is 4.77. The summed E-state index contributed by atoms with van der Waals surface area (Å²) in [6, 6.07) is 16.7. The number of nitrogens with zero attached hydrogens (tertiary/aromatic N) is 3. The number of nitrogens with one attached hydrogen (secondary N) is 4. The number of hydrogen-bond acceptors (Lipinski definition) is 6. The van der Waals surface area contributed by atoms with Crippen LogP contribution in [0.1, 0.15) is 66.1 Å². The van der Waals surface area contributed by atoms with Crippen LogP contribution in [0.25, 0.3) is 0 Å². The topological polar surface area (TPSA) is 119 Å². The van der Waals surface area contributed by atoms with Crippen LogP contribution in [-0.2, 0) is 11.2 Å². The van der Waals surface area contributed by atoms with Crippen molar-refractivity contribution < 1.29 is 14.4 Å². The SMILES string of the molecule is CC(=O)NC1CCCN(c2ccc(NC(=O)NCCc3cccnc3)cc2C#Cc2ccc(C(=O)NCCN3CCCCC3)cc2)C1. The molecule has 0 spiro atoms. The number of piperidine rings is 2. The lowest BCUT2D eigenvalue weighted by molar-refractivity contribution is -0.119. The van der Waals surface area contributed by atoms with Gasteiger partial charge in [0.25, 0.3) is 5.91 Å². The zero-order valence-electron chi connectivity index (χ0n) is 27.2. The number of hydrogen-bond donors (Lipinski definition) is 4. The minimum absolute atomic E-state index is 0.0370. The largest absolute Gasteiger partial charge is 0.368 e. The Balaban J connectivity index is 1.25. The Kier molecular flexibility index (Phi) is 12.2. The molecule has 2 aromatic carbocycles. The zero-order valence-corrected chi connectivity index (χ0v) is 27.2. The van der Waals surface area contributed by atoms with E-state index < -0.39 is 0 Å². The Morgan fingerprint density at radius 1 is 0.915 bits per heavy atom. The number of carbonyl (C=O) groups is 3. The van der Waals surface area contributed by atoms with Crippen LogP contribution in [0.3, 0.4) is 0 Å². The van der Waals surface area contributed by atoms with E-state index in [0.29, 0.717) is 37.3 Å². The average Bonchev–Trinajstić information content (AvgIpc) is 3.08. The van der Waals surface area contributed by atoms with E-state index in [2.05, 4.69) is 47.9 Å². The number of urea groups is 1. The standard InChI is InChI=1S/C37H45N7O3/c1-28(45)41-34-8-6-23-44(27-34)35-16-15-33(42-37(47)40-19-17-30-7-5-18-38-26-30)25-32(35)14-11-29-9-12-31(13-10-29)36(46)39-20-24-43-21-3-2-4-22-43/h5,7,9-10,12-13,15-16,18,25-26,34H,2-4,6,8,17,19-24,27H2,1H3,(H,39,46)(H,41,45)(H2,40,42,47). The maximum Gasteiger partial charge on any atom is 0.319 e. The van der Waals surface area contributed by atoms with Crippen molar-refractivity contribution in [3.05, 3.63) is 89.2 Å². The maximum atomic E-state index is 12.7. The van der Waals surface area contributed by atoms with Crippen molar-refractivity contribution in [2.24, 2.45) is 0 Å². The number of anilines is 2. The lowest BCUT2D eigenvalue weighted by Crippen LogP contribution is -2.47. The van der Waals surface area contributed by atoms with Gasteiger partial charge < -0.3 is 31.1 Å². The molecule has 1 atom stereocenters. The van der Waals surface area contributed by atoms with Gasteiger partial charge in [-0.05, 0) is 99.3 Å². The Bertz CT molecular complexity index is 1560. The van der Waals surface area contributed by atoms with E-state index in [1.54, 1.807) is 31.5 Å². The van der Waals surface area contributed by atoms with Crippen molar-refractivity contribution in [3.8, 4) is 11.8 Å². The first-order valence-electron chi connectivity index (χ1n) is 16.7. The summed E-state index contributed by atoms with van der Waals surface area (Å²) >= 11 is 0. The highest BCUT2D eigenvalue weighted by Crippen LogP contribution is 2.27. The maximum absolute atomic E-state index is 12.7. The number of likely N-dealkylation sites (tertiary alicyclic amines) is 1. The molecule has 10 heteroatoms. The van der Waals surface area contributed by atoms with Gasteiger partial charge in [-0.15, -0.1) is 0 Å². The molecule has 246 valence electrons. The minimum atomic E-state index is -0.297. The molecule has 2 fully saturated rings. The monoisotopic (exact) mass is 635 g/mol. The number of carbonyl (C=O) groups excluding carboxylic acids is 3. The predicted octanol–water partition coefficient (Wildman–Crippen LogP) is 4.17. The molecule has 10 nitrogen and oxygen atoms in total.